The number of aliphatic hydroxyl groups excluding tert-OH is 1. The SMILES string of the molecule is C[C@@H](C(=O)O)c1c([C@@]2(C)CCCC(C)(C)C2)ccc2c1[C@@](C)(CO)OC2(C)C. The molecule has 1 aromatic carbocycles. The highest BCUT2D eigenvalue weighted by molar-refractivity contribution is 5.78. The van der Waals surface area contributed by atoms with E-state index < -0.39 is 23.1 Å². The number of carbonyl (C=O) groups is 1. The van der Waals surface area contributed by atoms with E-state index in [1.165, 1.54) is 6.42 Å². The Balaban J connectivity index is 2.32. The summed E-state index contributed by atoms with van der Waals surface area (Å²) < 4.78 is 6.30. The van der Waals surface area contributed by atoms with Gasteiger partial charge >= 0.3 is 5.97 Å². The fourth-order valence-corrected chi connectivity index (χ4v) is 5.99. The number of hydrogen-bond acceptors (Lipinski definition) is 3. The van der Waals surface area contributed by atoms with E-state index in [0.29, 0.717) is 0 Å². The van der Waals surface area contributed by atoms with Crippen molar-refractivity contribution in [1.82, 2.24) is 0 Å². The first kappa shape index (κ1) is 21.3. The normalized spacial score (nSPS) is 32.0. The van der Waals surface area contributed by atoms with E-state index in [0.717, 1.165) is 41.5 Å². The third kappa shape index (κ3) is 3.29. The summed E-state index contributed by atoms with van der Waals surface area (Å²) >= 11 is 0. The number of hydrogen-bond donors (Lipinski definition) is 2. The van der Waals surface area contributed by atoms with E-state index in [2.05, 4.69) is 32.9 Å². The zero-order valence-electron chi connectivity index (χ0n) is 18.5. The van der Waals surface area contributed by atoms with Crippen molar-refractivity contribution in [2.24, 2.45) is 5.41 Å². The molecule has 0 radical (unpaired) electrons. The van der Waals surface area contributed by atoms with Gasteiger partial charge in [-0.05, 0) is 80.0 Å². The number of carboxylic acid groups (broad SMARTS) is 1. The van der Waals surface area contributed by atoms with Gasteiger partial charge < -0.3 is 14.9 Å². The highest BCUT2D eigenvalue weighted by Crippen LogP contribution is 2.55. The van der Waals surface area contributed by atoms with Crippen molar-refractivity contribution in [3.8, 4) is 0 Å². The summed E-state index contributed by atoms with van der Waals surface area (Å²) in [5, 5.41) is 20.2. The number of rotatable bonds is 4. The van der Waals surface area contributed by atoms with Crippen molar-refractivity contribution in [2.45, 2.75) is 96.7 Å². The van der Waals surface area contributed by atoms with Crippen LogP contribution in [-0.4, -0.2) is 22.8 Å². The van der Waals surface area contributed by atoms with Crippen LogP contribution in [0.4, 0.5) is 0 Å². The Labute approximate surface area is 169 Å². The van der Waals surface area contributed by atoms with Crippen LogP contribution in [-0.2, 0) is 26.1 Å². The molecule has 0 amide bonds. The van der Waals surface area contributed by atoms with Gasteiger partial charge in [-0.25, -0.2) is 0 Å². The molecule has 1 aromatic rings. The summed E-state index contributed by atoms with van der Waals surface area (Å²) in [6.45, 7) is 14.4. The summed E-state index contributed by atoms with van der Waals surface area (Å²) in [6.07, 6.45) is 4.41. The van der Waals surface area contributed by atoms with Crippen LogP contribution in [0.5, 0.6) is 0 Å². The van der Waals surface area contributed by atoms with Crippen molar-refractivity contribution in [1.29, 1.82) is 0 Å². The van der Waals surface area contributed by atoms with Crippen LogP contribution < -0.4 is 0 Å². The Morgan fingerprint density at radius 1 is 1.11 bits per heavy atom. The molecule has 0 spiro atoms. The fraction of sp³-hybridized carbons (Fsp3) is 0.708. The molecule has 28 heavy (non-hydrogen) atoms. The van der Waals surface area contributed by atoms with E-state index in [1.54, 1.807) is 6.92 Å². The zero-order chi connectivity index (χ0) is 21.1. The summed E-state index contributed by atoms with van der Waals surface area (Å²) in [6, 6.07) is 4.25. The molecular weight excluding hydrogens is 352 g/mol. The highest BCUT2D eigenvalue weighted by Gasteiger charge is 2.50. The number of fused-ring (bicyclic) bond motifs is 1. The number of aliphatic hydroxyl groups is 1. The number of carboxylic acids is 1. The van der Waals surface area contributed by atoms with Crippen LogP contribution in [0.1, 0.15) is 102 Å². The third-order valence-electron chi connectivity index (χ3n) is 7.11. The molecule has 3 atom stereocenters. The minimum Gasteiger partial charge on any atom is -0.481 e. The van der Waals surface area contributed by atoms with E-state index >= 15 is 0 Å². The Morgan fingerprint density at radius 3 is 2.25 bits per heavy atom. The number of aliphatic carboxylic acids is 1. The maximum atomic E-state index is 12.1. The second-order valence-corrected chi connectivity index (χ2v) is 10.8. The van der Waals surface area contributed by atoms with Crippen LogP contribution in [0, 0.1) is 5.41 Å². The lowest BCUT2D eigenvalue weighted by Gasteiger charge is -2.45. The Morgan fingerprint density at radius 2 is 1.71 bits per heavy atom. The van der Waals surface area contributed by atoms with Crippen molar-refractivity contribution in [2.75, 3.05) is 6.61 Å². The molecule has 0 aromatic heterocycles. The largest absolute Gasteiger partial charge is 0.481 e. The Hall–Kier alpha value is -1.39. The Kier molecular flexibility index (Phi) is 5.00. The van der Waals surface area contributed by atoms with E-state index in [1.807, 2.05) is 20.8 Å². The molecule has 2 N–H and O–H groups in total. The lowest BCUT2D eigenvalue weighted by molar-refractivity contribution is -0.139. The monoisotopic (exact) mass is 388 g/mol. The van der Waals surface area contributed by atoms with E-state index in [4.69, 9.17) is 4.74 Å². The average molecular weight is 389 g/mol. The molecule has 0 unspecified atom stereocenters. The van der Waals surface area contributed by atoms with Gasteiger partial charge in [0.25, 0.3) is 0 Å². The predicted octanol–water partition coefficient (Wildman–Crippen LogP) is 5.21. The van der Waals surface area contributed by atoms with Crippen LogP contribution >= 0.6 is 0 Å². The topological polar surface area (TPSA) is 66.8 Å². The lowest BCUT2D eigenvalue weighted by Crippen LogP contribution is -2.37. The molecule has 156 valence electrons. The van der Waals surface area contributed by atoms with Gasteiger partial charge in [-0.3, -0.25) is 4.79 Å². The summed E-state index contributed by atoms with van der Waals surface area (Å²) in [7, 11) is 0. The van der Waals surface area contributed by atoms with Crippen LogP contribution in [0.2, 0.25) is 0 Å². The third-order valence-corrected chi connectivity index (χ3v) is 7.11. The molecule has 1 aliphatic heterocycles. The molecule has 1 saturated carbocycles. The molecule has 3 rings (SSSR count). The van der Waals surface area contributed by atoms with Crippen molar-refractivity contribution >= 4 is 5.97 Å². The van der Waals surface area contributed by atoms with Gasteiger partial charge in [0.2, 0.25) is 0 Å². The quantitative estimate of drug-likeness (QED) is 0.743. The van der Waals surface area contributed by atoms with Crippen molar-refractivity contribution in [3.05, 3.63) is 34.4 Å². The molecular formula is C24H36O4. The molecule has 2 aliphatic rings. The van der Waals surface area contributed by atoms with E-state index in [-0.39, 0.29) is 17.4 Å². The van der Waals surface area contributed by atoms with Crippen molar-refractivity contribution in [3.63, 3.8) is 0 Å². The van der Waals surface area contributed by atoms with Crippen molar-refractivity contribution < 1.29 is 19.7 Å². The van der Waals surface area contributed by atoms with Gasteiger partial charge in [0.15, 0.2) is 0 Å². The first-order valence-electron chi connectivity index (χ1n) is 10.5. The van der Waals surface area contributed by atoms with Gasteiger partial charge in [0.1, 0.15) is 5.60 Å². The fourth-order valence-electron chi connectivity index (χ4n) is 5.99. The van der Waals surface area contributed by atoms with Gasteiger partial charge in [-0.15, -0.1) is 0 Å². The van der Waals surface area contributed by atoms with Gasteiger partial charge in [0.05, 0.1) is 18.1 Å². The van der Waals surface area contributed by atoms with Gasteiger partial charge in [0, 0.05) is 0 Å². The zero-order valence-corrected chi connectivity index (χ0v) is 18.5. The second kappa shape index (κ2) is 6.56. The summed E-state index contributed by atoms with van der Waals surface area (Å²) in [5.41, 5.74) is 2.54. The molecule has 4 heteroatoms. The minimum absolute atomic E-state index is 0.0844. The molecule has 0 bridgehead atoms. The first-order valence-corrected chi connectivity index (χ1v) is 10.5. The molecule has 4 nitrogen and oxygen atoms in total. The molecule has 1 fully saturated rings. The summed E-state index contributed by atoms with van der Waals surface area (Å²) in [5.74, 6) is -1.49. The van der Waals surface area contributed by atoms with E-state index in [9.17, 15) is 15.0 Å². The predicted molar refractivity (Wildman–Crippen MR) is 111 cm³/mol. The molecule has 1 aliphatic carbocycles. The maximum absolute atomic E-state index is 12.1. The van der Waals surface area contributed by atoms with Gasteiger partial charge in [-0.1, -0.05) is 39.3 Å². The summed E-state index contributed by atoms with van der Waals surface area (Å²) in [4.78, 5) is 12.1. The number of benzene rings is 1. The molecule has 1 heterocycles. The lowest BCUT2D eigenvalue weighted by atomic mass is 9.59. The minimum atomic E-state index is -0.894. The average Bonchev–Trinajstić information content (AvgIpc) is 2.79. The van der Waals surface area contributed by atoms with Crippen LogP contribution in [0.15, 0.2) is 12.1 Å². The van der Waals surface area contributed by atoms with Gasteiger partial charge in [-0.2, -0.15) is 0 Å². The van der Waals surface area contributed by atoms with Crippen LogP contribution in [0.3, 0.4) is 0 Å². The van der Waals surface area contributed by atoms with Crippen LogP contribution in [0.25, 0.3) is 0 Å². The maximum Gasteiger partial charge on any atom is 0.310 e. The smallest absolute Gasteiger partial charge is 0.310 e. The second-order valence-electron chi connectivity index (χ2n) is 10.8. The molecule has 0 saturated heterocycles. The number of ether oxygens (including phenoxy) is 1. The first-order chi connectivity index (χ1) is 12.8. The Bertz CT molecular complexity index is 794. The standard InChI is InChI=1S/C24H36O4/c1-15(20(26)27)18-16(23(6)12-8-11-21(2,3)13-23)9-10-17-19(18)24(7,14-25)28-22(17,4)5/h9-10,15,25H,8,11-14H2,1-7H3,(H,26,27)/t15-,23+,24-/m1/s1. The highest BCUT2D eigenvalue weighted by atomic mass is 16.5.